The summed E-state index contributed by atoms with van der Waals surface area (Å²) in [5.41, 5.74) is 1.53. The number of benzene rings is 2. The number of nitrogens with zero attached hydrogens (tertiary/aromatic N) is 2. The van der Waals surface area contributed by atoms with Crippen LogP contribution in [0.3, 0.4) is 0 Å². The highest BCUT2D eigenvalue weighted by molar-refractivity contribution is 5.74. The largest absolute Gasteiger partial charge is 0.334 e. The van der Waals surface area contributed by atoms with E-state index in [2.05, 4.69) is 10.2 Å². The number of piperazine rings is 1. The van der Waals surface area contributed by atoms with Gasteiger partial charge in [-0.1, -0.05) is 30.3 Å². The summed E-state index contributed by atoms with van der Waals surface area (Å²) in [6.07, 6.45) is 0. The smallest absolute Gasteiger partial charge is 0.317 e. The van der Waals surface area contributed by atoms with Gasteiger partial charge in [0.2, 0.25) is 0 Å². The highest BCUT2D eigenvalue weighted by Gasteiger charge is 2.21. The monoisotopic (exact) mass is 345 g/mol. The van der Waals surface area contributed by atoms with Gasteiger partial charge in [0, 0.05) is 44.8 Å². The summed E-state index contributed by atoms with van der Waals surface area (Å²) in [5.74, 6) is -0.549. The van der Waals surface area contributed by atoms with E-state index in [-0.39, 0.29) is 24.2 Å². The molecule has 1 aliphatic heterocycles. The highest BCUT2D eigenvalue weighted by Crippen LogP contribution is 2.10. The summed E-state index contributed by atoms with van der Waals surface area (Å²) in [5, 5.41) is 2.77. The third kappa shape index (κ3) is 4.76. The van der Waals surface area contributed by atoms with Crippen molar-refractivity contribution in [3.05, 3.63) is 71.3 Å². The highest BCUT2D eigenvalue weighted by atomic mass is 19.1. The van der Waals surface area contributed by atoms with E-state index in [1.807, 2.05) is 0 Å². The number of carbonyl (C=O) groups excluding carboxylic acids is 1. The Balaban J connectivity index is 1.44. The molecule has 1 fully saturated rings. The summed E-state index contributed by atoms with van der Waals surface area (Å²) in [7, 11) is 0. The van der Waals surface area contributed by atoms with E-state index in [1.165, 1.54) is 18.2 Å². The minimum Gasteiger partial charge on any atom is -0.334 e. The Morgan fingerprint density at radius 2 is 1.64 bits per heavy atom. The zero-order chi connectivity index (χ0) is 17.6. The van der Waals surface area contributed by atoms with Crippen molar-refractivity contribution in [2.45, 2.75) is 13.1 Å². The fourth-order valence-corrected chi connectivity index (χ4v) is 2.88. The van der Waals surface area contributed by atoms with Gasteiger partial charge in [-0.3, -0.25) is 4.90 Å². The third-order valence-electron chi connectivity index (χ3n) is 4.37. The lowest BCUT2D eigenvalue weighted by atomic mass is 10.2. The SMILES string of the molecule is O=C(NCc1ccccc1F)N1CCN(Cc2ccc(F)cc2)CC1. The molecule has 0 unspecified atom stereocenters. The second-order valence-corrected chi connectivity index (χ2v) is 6.14. The summed E-state index contributed by atoms with van der Waals surface area (Å²) in [6.45, 7) is 3.66. The van der Waals surface area contributed by atoms with Crippen LogP contribution < -0.4 is 5.32 Å². The molecule has 2 amide bonds. The first-order chi connectivity index (χ1) is 12.1. The Morgan fingerprint density at radius 3 is 2.32 bits per heavy atom. The predicted molar refractivity (Wildman–Crippen MR) is 91.9 cm³/mol. The number of hydrogen-bond donors (Lipinski definition) is 1. The fraction of sp³-hybridized carbons (Fsp3) is 0.316. The van der Waals surface area contributed by atoms with Crippen molar-refractivity contribution in [3.63, 3.8) is 0 Å². The van der Waals surface area contributed by atoms with Crippen molar-refractivity contribution in [1.82, 2.24) is 15.1 Å². The third-order valence-corrected chi connectivity index (χ3v) is 4.37. The van der Waals surface area contributed by atoms with Crippen LogP contribution in [0, 0.1) is 11.6 Å². The van der Waals surface area contributed by atoms with Crippen LogP contribution in [-0.2, 0) is 13.1 Å². The second-order valence-electron chi connectivity index (χ2n) is 6.14. The van der Waals surface area contributed by atoms with Crippen molar-refractivity contribution >= 4 is 6.03 Å². The van der Waals surface area contributed by atoms with Crippen LogP contribution in [0.5, 0.6) is 0 Å². The molecule has 0 aromatic heterocycles. The minimum absolute atomic E-state index is 0.176. The molecule has 0 aliphatic carbocycles. The van der Waals surface area contributed by atoms with E-state index >= 15 is 0 Å². The predicted octanol–water partition coefficient (Wildman–Crippen LogP) is 2.99. The van der Waals surface area contributed by atoms with Gasteiger partial charge < -0.3 is 10.2 Å². The lowest BCUT2D eigenvalue weighted by molar-refractivity contribution is 0.135. The Bertz CT molecular complexity index is 713. The molecule has 6 heteroatoms. The van der Waals surface area contributed by atoms with Crippen LogP contribution in [0.1, 0.15) is 11.1 Å². The minimum atomic E-state index is -0.313. The molecule has 1 aliphatic rings. The number of nitrogens with one attached hydrogen (secondary N) is 1. The second kappa shape index (κ2) is 8.07. The van der Waals surface area contributed by atoms with E-state index in [1.54, 1.807) is 35.2 Å². The lowest BCUT2D eigenvalue weighted by Crippen LogP contribution is -2.51. The van der Waals surface area contributed by atoms with Crippen molar-refractivity contribution in [2.24, 2.45) is 0 Å². The molecular formula is C19H21F2N3O. The molecule has 0 saturated carbocycles. The van der Waals surface area contributed by atoms with E-state index < -0.39 is 0 Å². The summed E-state index contributed by atoms with van der Waals surface area (Å²) >= 11 is 0. The van der Waals surface area contributed by atoms with E-state index in [9.17, 15) is 13.6 Å². The topological polar surface area (TPSA) is 35.6 Å². The van der Waals surface area contributed by atoms with Crippen LogP contribution in [0.4, 0.5) is 13.6 Å². The van der Waals surface area contributed by atoms with Crippen molar-refractivity contribution in [3.8, 4) is 0 Å². The molecule has 2 aromatic rings. The van der Waals surface area contributed by atoms with Crippen LogP contribution in [0.15, 0.2) is 48.5 Å². The molecule has 132 valence electrons. The zero-order valence-electron chi connectivity index (χ0n) is 13.9. The number of rotatable bonds is 4. The first kappa shape index (κ1) is 17.4. The standard InChI is InChI=1S/C19H21F2N3O/c20-17-7-5-15(6-8-17)14-23-9-11-24(12-10-23)19(25)22-13-16-3-1-2-4-18(16)21/h1-8H,9-14H2,(H,22,25). The van der Waals surface area contributed by atoms with Crippen LogP contribution in [0.25, 0.3) is 0 Å². The van der Waals surface area contributed by atoms with E-state index in [4.69, 9.17) is 0 Å². The summed E-state index contributed by atoms with van der Waals surface area (Å²) in [4.78, 5) is 16.2. The van der Waals surface area contributed by atoms with Gasteiger partial charge in [0.1, 0.15) is 11.6 Å². The fourth-order valence-electron chi connectivity index (χ4n) is 2.88. The lowest BCUT2D eigenvalue weighted by Gasteiger charge is -2.34. The molecule has 0 spiro atoms. The van der Waals surface area contributed by atoms with Gasteiger partial charge in [-0.25, -0.2) is 13.6 Å². The maximum absolute atomic E-state index is 13.6. The molecule has 1 heterocycles. The van der Waals surface area contributed by atoms with Crippen LogP contribution in [-0.4, -0.2) is 42.0 Å². The molecule has 1 saturated heterocycles. The maximum Gasteiger partial charge on any atom is 0.317 e. The first-order valence-electron chi connectivity index (χ1n) is 8.35. The number of hydrogen-bond acceptors (Lipinski definition) is 2. The Morgan fingerprint density at radius 1 is 0.960 bits per heavy atom. The van der Waals surface area contributed by atoms with Crippen molar-refractivity contribution in [2.75, 3.05) is 26.2 Å². The van der Waals surface area contributed by atoms with Crippen molar-refractivity contribution in [1.29, 1.82) is 0 Å². The number of carbonyl (C=O) groups is 1. The van der Waals surface area contributed by atoms with Gasteiger partial charge in [-0.2, -0.15) is 0 Å². The Kier molecular flexibility index (Phi) is 5.60. The molecule has 0 radical (unpaired) electrons. The quantitative estimate of drug-likeness (QED) is 0.925. The van der Waals surface area contributed by atoms with Gasteiger partial charge >= 0.3 is 6.03 Å². The van der Waals surface area contributed by atoms with Gasteiger partial charge in [0.05, 0.1) is 0 Å². The molecule has 4 nitrogen and oxygen atoms in total. The molecule has 0 bridgehead atoms. The molecule has 3 rings (SSSR count). The number of halogens is 2. The molecule has 0 atom stereocenters. The van der Waals surface area contributed by atoms with Gasteiger partial charge in [0.25, 0.3) is 0 Å². The Labute approximate surface area is 146 Å². The van der Waals surface area contributed by atoms with Gasteiger partial charge in [0.15, 0.2) is 0 Å². The normalized spacial score (nSPS) is 15.2. The maximum atomic E-state index is 13.6. The van der Waals surface area contributed by atoms with E-state index in [0.29, 0.717) is 18.7 Å². The molecule has 1 N–H and O–H groups in total. The average molecular weight is 345 g/mol. The molecule has 2 aromatic carbocycles. The zero-order valence-corrected chi connectivity index (χ0v) is 13.9. The molecule has 25 heavy (non-hydrogen) atoms. The van der Waals surface area contributed by atoms with Crippen LogP contribution >= 0.6 is 0 Å². The average Bonchev–Trinajstić information content (AvgIpc) is 2.63. The molecular weight excluding hydrogens is 324 g/mol. The number of amides is 2. The summed E-state index contributed by atoms with van der Waals surface area (Å²) in [6, 6.07) is 12.7. The summed E-state index contributed by atoms with van der Waals surface area (Å²) < 4.78 is 26.5. The van der Waals surface area contributed by atoms with Gasteiger partial charge in [-0.05, 0) is 23.8 Å². The van der Waals surface area contributed by atoms with Crippen LogP contribution in [0.2, 0.25) is 0 Å². The Hall–Kier alpha value is -2.47. The van der Waals surface area contributed by atoms with E-state index in [0.717, 1.165) is 25.2 Å². The van der Waals surface area contributed by atoms with Crippen molar-refractivity contribution < 1.29 is 13.6 Å². The van der Waals surface area contributed by atoms with Gasteiger partial charge in [-0.15, -0.1) is 0 Å². The first-order valence-corrected chi connectivity index (χ1v) is 8.35. The number of urea groups is 1.